The topological polar surface area (TPSA) is 66.5 Å². The third-order valence-corrected chi connectivity index (χ3v) is 4.70. The number of amides is 4. The molecule has 5 nitrogen and oxygen atoms in total. The van der Waals surface area contributed by atoms with E-state index < -0.39 is 23.4 Å². The van der Waals surface area contributed by atoms with Gasteiger partial charge >= 0.3 is 6.03 Å². The quantitative estimate of drug-likeness (QED) is 0.854. The zero-order valence-corrected chi connectivity index (χ0v) is 12.3. The summed E-state index contributed by atoms with van der Waals surface area (Å²) in [5, 5.41) is 2.90. The molecule has 1 atom stereocenters. The van der Waals surface area contributed by atoms with Crippen LogP contribution in [0.2, 0.25) is 5.02 Å². The number of barbiturate groups is 1. The Kier molecular flexibility index (Phi) is 3.24. The summed E-state index contributed by atoms with van der Waals surface area (Å²) in [5.41, 5.74) is -0.235. The highest BCUT2D eigenvalue weighted by Gasteiger charge is 2.58. The van der Waals surface area contributed by atoms with Gasteiger partial charge in [0.05, 0.1) is 6.04 Å². The molecule has 2 fully saturated rings. The largest absolute Gasteiger partial charge is 0.331 e. The lowest BCUT2D eigenvalue weighted by atomic mass is 9.66. The Morgan fingerprint density at radius 1 is 1.19 bits per heavy atom. The number of benzene rings is 1. The van der Waals surface area contributed by atoms with Crippen molar-refractivity contribution in [2.45, 2.75) is 32.2 Å². The molecular formula is C15H15ClN2O3. The van der Waals surface area contributed by atoms with Crippen molar-refractivity contribution in [3.05, 3.63) is 34.9 Å². The maximum Gasteiger partial charge on any atom is 0.331 e. The number of nitrogens with one attached hydrogen (secondary N) is 1. The number of hydrogen-bond donors (Lipinski definition) is 1. The first kappa shape index (κ1) is 14.1. The van der Waals surface area contributed by atoms with Crippen LogP contribution in [-0.2, 0) is 9.59 Å². The van der Waals surface area contributed by atoms with Gasteiger partial charge in [-0.15, -0.1) is 0 Å². The van der Waals surface area contributed by atoms with E-state index in [1.165, 1.54) is 0 Å². The van der Waals surface area contributed by atoms with E-state index in [9.17, 15) is 14.4 Å². The average Bonchev–Trinajstić information content (AvgIpc) is 2.37. The first-order valence-electron chi connectivity index (χ1n) is 6.90. The molecule has 0 aromatic heterocycles. The number of rotatable bonds is 2. The summed E-state index contributed by atoms with van der Waals surface area (Å²) < 4.78 is 0. The van der Waals surface area contributed by atoms with Gasteiger partial charge in [0.1, 0.15) is 5.41 Å². The van der Waals surface area contributed by atoms with E-state index in [2.05, 4.69) is 5.32 Å². The third kappa shape index (κ3) is 2.03. The Balaban J connectivity index is 1.92. The molecule has 1 N–H and O–H groups in total. The summed E-state index contributed by atoms with van der Waals surface area (Å²) in [6.45, 7) is 1.77. The van der Waals surface area contributed by atoms with E-state index >= 15 is 0 Å². The number of carbonyl (C=O) groups excluding carboxylic acids is 3. The monoisotopic (exact) mass is 306 g/mol. The van der Waals surface area contributed by atoms with Crippen molar-refractivity contribution in [3.63, 3.8) is 0 Å². The molecule has 3 rings (SSSR count). The molecule has 1 aliphatic heterocycles. The van der Waals surface area contributed by atoms with E-state index in [1.54, 1.807) is 31.2 Å². The van der Waals surface area contributed by atoms with Gasteiger partial charge in [-0.25, -0.2) is 4.79 Å². The van der Waals surface area contributed by atoms with Gasteiger partial charge in [0.25, 0.3) is 0 Å². The predicted molar refractivity (Wildman–Crippen MR) is 76.5 cm³/mol. The van der Waals surface area contributed by atoms with E-state index in [0.717, 1.165) is 16.9 Å². The van der Waals surface area contributed by atoms with Gasteiger partial charge < -0.3 is 0 Å². The Morgan fingerprint density at radius 3 is 2.33 bits per heavy atom. The van der Waals surface area contributed by atoms with Gasteiger partial charge in [0, 0.05) is 5.02 Å². The van der Waals surface area contributed by atoms with Crippen LogP contribution in [0, 0.1) is 5.41 Å². The normalized spacial score (nSPS) is 22.0. The second-order valence-corrected chi connectivity index (χ2v) is 6.03. The second kappa shape index (κ2) is 4.84. The molecule has 1 unspecified atom stereocenters. The molecule has 1 heterocycles. The highest BCUT2D eigenvalue weighted by atomic mass is 35.5. The summed E-state index contributed by atoms with van der Waals surface area (Å²) in [4.78, 5) is 37.9. The highest BCUT2D eigenvalue weighted by molar-refractivity contribution is 6.30. The summed E-state index contributed by atoms with van der Waals surface area (Å²) in [7, 11) is 0. The zero-order chi connectivity index (χ0) is 15.2. The van der Waals surface area contributed by atoms with Gasteiger partial charge in [-0.3, -0.25) is 19.8 Å². The standard InChI is InChI=1S/C15H15ClN2O3/c1-9(10-3-5-11(16)6-4-10)18-13(20)15(7-2-8-15)12(19)17-14(18)21/h3-6,9H,2,7-8H2,1H3,(H,17,19,21). The number of hydrogen-bond acceptors (Lipinski definition) is 3. The average molecular weight is 307 g/mol. The minimum atomic E-state index is -1.03. The molecule has 4 amide bonds. The van der Waals surface area contributed by atoms with E-state index in [1.807, 2.05) is 0 Å². The van der Waals surface area contributed by atoms with Crippen LogP contribution in [0.4, 0.5) is 4.79 Å². The molecule has 1 saturated carbocycles. The highest BCUT2D eigenvalue weighted by Crippen LogP contribution is 2.45. The van der Waals surface area contributed by atoms with Crippen LogP contribution in [0.25, 0.3) is 0 Å². The Hall–Kier alpha value is -1.88. The second-order valence-electron chi connectivity index (χ2n) is 5.60. The van der Waals surface area contributed by atoms with Crippen molar-refractivity contribution < 1.29 is 14.4 Å². The summed E-state index contributed by atoms with van der Waals surface area (Å²) in [5.74, 6) is -0.840. The smallest absolute Gasteiger partial charge is 0.277 e. The fourth-order valence-corrected chi connectivity index (χ4v) is 3.04. The number of nitrogens with zero attached hydrogens (tertiary/aromatic N) is 1. The number of urea groups is 1. The van der Waals surface area contributed by atoms with Gasteiger partial charge in [0.2, 0.25) is 11.8 Å². The van der Waals surface area contributed by atoms with Crippen molar-refractivity contribution in [3.8, 4) is 0 Å². The van der Waals surface area contributed by atoms with E-state index in [-0.39, 0.29) is 5.91 Å². The summed E-state index contributed by atoms with van der Waals surface area (Å²) in [6, 6.07) is 5.88. The molecule has 1 aliphatic carbocycles. The molecule has 0 radical (unpaired) electrons. The van der Waals surface area contributed by atoms with Gasteiger partial charge in [-0.05, 0) is 37.5 Å². The van der Waals surface area contributed by atoms with Crippen LogP contribution < -0.4 is 5.32 Å². The van der Waals surface area contributed by atoms with Crippen molar-refractivity contribution >= 4 is 29.4 Å². The lowest BCUT2D eigenvalue weighted by Crippen LogP contribution is -2.66. The first-order chi connectivity index (χ1) is 9.95. The van der Waals surface area contributed by atoms with Crippen LogP contribution in [0.5, 0.6) is 0 Å². The maximum atomic E-state index is 12.7. The summed E-state index contributed by atoms with van der Waals surface area (Å²) in [6.07, 6.45) is 1.85. The minimum absolute atomic E-state index is 0.384. The molecule has 6 heteroatoms. The predicted octanol–water partition coefficient (Wildman–Crippen LogP) is 2.65. The van der Waals surface area contributed by atoms with Gasteiger partial charge in [-0.1, -0.05) is 30.2 Å². The minimum Gasteiger partial charge on any atom is -0.277 e. The molecule has 1 saturated heterocycles. The fourth-order valence-electron chi connectivity index (χ4n) is 2.91. The molecule has 110 valence electrons. The number of halogens is 1. The SMILES string of the molecule is CC(c1ccc(Cl)cc1)N1C(=O)NC(=O)C2(CCC2)C1=O. The van der Waals surface area contributed by atoms with Crippen molar-refractivity contribution in [2.24, 2.45) is 5.41 Å². The summed E-state index contributed by atoms with van der Waals surface area (Å²) >= 11 is 5.85. The zero-order valence-electron chi connectivity index (χ0n) is 11.6. The number of carbonyl (C=O) groups is 3. The molecule has 21 heavy (non-hydrogen) atoms. The Morgan fingerprint density at radius 2 is 1.81 bits per heavy atom. The van der Waals surface area contributed by atoms with Crippen LogP contribution in [0.3, 0.4) is 0 Å². The van der Waals surface area contributed by atoms with Crippen LogP contribution >= 0.6 is 11.6 Å². The molecule has 2 aliphatic rings. The van der Waals surface area contributed by atoms with Gasteiger partial charge in [0.15, 0.2) is 0 Å². The van der Waals surface area contributed by atoms with Crippen molar-refractivity contribution in [2.75, 3.05) is 0 Å². The van der Waals surface area contributed by atoms with Crippen LogP contribution in [0.1, 0.15) is 37.8 Å². The third-order valence-electron chi connectivity index (χ3n) is 4.45. The number of imide groups is 2. The fraction of sp³-hybridized carbons (Fsp3) is 0.400. The van der Waals surface area contributed by atoms with Gasteiger partial charge in [-0.2, -0.15) is 0 Å². The molecular weight excluding hydrogens is 292 g/mol. The Labute approximate surface area is 127 Å². The molecule has 1 aromatic carbocycles. The first-order valence-corrected chi connectivity index (χ1v) is 7.28. The van der Waals surface area contributed by atoms with Crippen molar-refractivity contribution in [1.29, 1.82) is 0 Å². The Bertz CT molecular complexity index is 622. The lowest BCUT2D eigenvalue weighted by molar-refractivity contribution is -0.159. The van der Waals surface area contributed by atoms with Crippen LogP contribution in [-0.4, -0.2) is 22.7 Å². The van der Waals surface area contributed by atoms with Crippen molar-refractivity contribution in [1.82, 2.24) is 10.2 Å². The molecule has 1 aromatic rings. The van der Waals surface area contributed by atoms with Crippen LogP contribution in [0.15, 0.2) is 24.3 Å². The lowest BCUT2D eigenvalue weighted by Gasteiger charge is -2.46. The van der Waals surface area contributed by atoms with E-state index in [0.29, 0.717) is 17.9 Å². The van der Waals surface area contributed by atoms with E-state index in [4.69, 9.17) is 11.6 Å². The maximum absolute atomic E-state index is 12.7. The molecule has 0 bridgehead atoms. The molecule has 1 spiro atoms.